The van der Waals surface area contributed by atoms with Gasteiger partial charge in [-0.15, -0.1) is 6.58 Å². The number of hydrogen-bond acceptors (Lipinski definition) is 3. The van der Waals surface area contributed by atoms with E-state index < -0.39 is 0 Å². The Kier molecular flexibility index (Phi) is 13.5. The zero-order valence-electron chi connectivity index (χ0n) is 13.2. The van der Waals surface area contributed by atoms with Gasteiger partial charge in [0.25, 0.3) is 0 Å². The molecule has 3 heteroatoms. The summed E-state index contributed by atoms with van der Waals surface area (Å²) in [5.41, 5.74) is 0.665. The van der Waals surface area contributed by atoms with Crippen LogP contribution in [0.1, 0.15) is 65.2 Å². The van der Waals surface area contributed by atoms with Gasteiger partial charge in [-0.25, -0.2) is 4.79 Å². The van der Waals surface area contributed by atoms with Crippen molar-refractivity contribution in [3.05, 3.63) is 24.3 Å². The van der Waals surface area contributed by atoms with Crippen LogP contribution in [-0.4, -0.2) is 19.4 Å². The summed E-state index contributed by atoms with van der Waals surface area (Å²) in [6.07, 6.45) is 13.5. The summed E-state index contributed by atoms with van der Waals surface area (Å²) >= 11 is 0. The number of carbonyl (C=O) groups is 1. The lowest BCUT2D eigenvalue weighted by molar-refractivity contribution is -0.150. The Bertz CT molecular complexity index is 282. The summed E-state index contributed by atoms with van der Waals surface area (Å²) in [5, 5.41) is 0. The van der Waals surface area contributed by atoms with Crippen LogP contribution in [0.3, 0.4) is 0 Å². The van der Waals surface area contributed by atoms with E-state index in [1.54, 1.807) is 13.0 Å². The first-order valence-electron chi connectivity index (χ1n) is 7.74. The van der Waals surface area contributed by atoms with Crippen LogP contribution in [0.25, 0.3) is 0 Å². The van der Waals surface area contributed by atoms with Gasteiger partial charge in [0.1, 0.15) is 0 Å². The molecular weight excluding hydrogens is 252 g/mol. The number of esters is 1. The summed E-state index contributed by atoms with van der Waals surface area (Å²) in [5.74, 6) is -0.294. The third kappa shape index (κ3) is 12.0. The Morgan fingerprint density at radius 2 is 1.75 bits per heavy atom. The Morgan fingerprint density at radius 1 is 1.10 bits per heavy atom. The zero-order chi connectivity index (χ0) is 15.1. The van der Waals surface area contributed by atoms with E-state index in [1.165, 1.54) is 38.5 Å². The van der Waals surface area contributed by atoms with Crippen LogP contribution in [0.5, 0.6) is 0 Å². The lowest BCUT2D eigenvalue weighted by atomic mass is 10.1. The van der Waals surface area contributed by atoms with E-state index in [0.29, 0.717) is 12.2 Å². The fourth-order valence-electron chi connectivity index (χ4n) is 1.84. The molecule has 0 saturated heterocycles. The molecule has 0 bridgehead atoms. The van der Waals surface area contributed by atoms with Crippen molar-refractivity contribution in [3.8, 4) is 0 Å². The predicted molar refractivity (Wildman–Crippen MR) is 83.5 cm³/mol. The Morgan fingerprint density at radius 3 is 2.40 bits per heavy atom. The topological polar surface area (TPSA) is 35.5 Å². The average molecular weight is 282 g/mol. The van der Waals surface area contributed by atoms with Crippen molar-refractivity contribution in [1.82, 2.24) is 0 Å². The van der Waals surface area contributed by atoms with Gasteiger partial charge >= 0.3 is 5.97 Å². The molecule has 3 nitrogen and oxygen atoms in total. The van der Waals surface area contributed by atoms with Gasteiger partial charge in [0.05, 0.1) is 6.61 Å². The van der Waals surface area contributed by atoms with Gasteiger partial charge in [-0.05, 0) is 19.8 Å². The van der Waals surface area contributed by atoms with Gasteiger partial charge in [-0.1, -0.05) is 57.6 Å². The van der Waals surface area contributed by atoms with Crippen LogP contribution in [0, 0.1) is 0 Å². The number of unbranched alkanes of at least 4 members (excludes halogenated alkanes) is 7. The molecule has 0 heterocycles. The van der Waals surface area contributed by atoms with Crippen molar-refractivity contribution < 1.29 is 14.3 Å². The lowest BCUT2D eigenvalue weighted by Crippen LogP contribution is -2.09. The maximum atomic E-state index is 11.5. The van der Waals surface area contributed by atoms with Crippen LogP contribution in [0.2, 0.25) is 0 Å². The van der Waals surface area contributed by atoms with Crippen molar-refractivity contribution in [2.75, 3.05) is 13.4 Å². The minimum Gasteiger partial charge on any atom is -0.435 e. The van der Waals surface area contributed by atoms with Gasteiger partial charge in [-0.2, -0.15) is 0 Å². The van der Waals surface area contributed by atoms with Crippen molar-refractivity contribution in [2.45, 2.75) is 65.2 Å². The molecule has 0 radical (unpaired) electrons. The molecule has 0 aromatic rings. The molecule has 0 aromatic heterocycles. The number of allylic oxidation sites excluding steroid dienone is 1. The van der Waals surface area contributed by atoms with Crippen molar-refractivity contribution in [1.29, 1.82) is 0 Å². The average Bonchev–Trinajstić information content (AvgIpc) is 2.46. The Labute approximate surface area is 124 Å². The molecule has 0 aliphatic heterocycles. The lowest BCUT2D eigenvalue weighted by Gasteiger charge is -2.04. The van der Waals surface area contributed by atoms with E-state index in [1.807, 2.05) is 6.08 Å². The number of rotatable bonds is 13. The van der Waals surface area contributed by atoms with Crippen LogP contribution in [-0.2, 0) is 14.3 Å². The van der Waals surface area contributed by atoms with Gasteiger partial charge in [-0.3, -0.25) is 0 Å². The highest BCUT2D eigenvalue weighted by Gasteiger charge is 2.04. The summed E-state index contributed by atoms with van der Waals surface area (Å²) in [6.45, 7) is 7.93. The molecule has 0 aliphatic carbocycles. The normalized spacial score (nSPS) is 11.4. The van der Waals surface area contributed by atoms with Gasteiger partial charge in [0, 0.05) is 5.57 Å². The molecule has 0 spiro atoms. The third-order valence-electron chi connectivity index (χ3n) is 3.09. The zero-order valence-corrected chi connectivity index (χ0v) is 13.2. The van der Waals surface area contributed by atoms with E-state index in [0.717, 1.165) is 12.8 Å². The van der Waals surface area contributed by atoms with E-state index in [9.17, 15) is 4.79 Å². The second kappa shape index (κ2) is 14.3. The largest absolute Gasteiger partial charge is 0.435 e. The number of carbonyl (C=O) groups excluding carboxylic acids is 1. The van der Waals surface area contributed by atoms with Crippen molar-refractivity contribution >= 4 is 5.97 Å². The van der Waals surface area contributed by atoms with E-state index in [2.05, 4.69) is 13.5 Å². The van der Waals surface area contributed by atoms with Gasteiger partial charge in [0.15, 0.2) is 6.79 Å². The molecular formula is C17H30O3. The van der Waals surface area contributed by atoms with E-state index in [-0.39, 0.29) is 12.8 Å². The summed E-state index contributed by atoms with van der Waals surface area (Å²) in [7, 11) is 0. The molecule has 0 aliphatic rings. The molecule has 0 saturated carbocycles. The number of ether oxygens (including phenoxy) is 2. The monoisotopic (exact) mass is 282 g/mol. The fourth-order valence-corrected chi connectivity index (χ4v) is 1.84. The smallest absolute Gasteiger partial charge is 0.335 e. The van der Waals surface area contributed by atoms with Crippen molar-refractivity contribution in [3.63, 3.8) is 0 Å². The molecule has 20 heavy (non-hydrogen) atoms. The van der Waals surface area contributed by atoms with Crippen LogP contribution in [0.4, 0.5) is 0 Å². The molecule has 0 rings (SSSR count). The first-order chi connectivity index (χ1) is 9.72. The first-order valence-corrected chi connectivity index (χ1v) is 7.74. The Balaban J connectivity index is 3.53. The predicted octanol–water partition coefficient (Wildman–Crippen LogP) is 4.78. The quantitative estimate of drug-likeness (QED) is 0.160. The summed E-state index contributed by atoms with van der Waals surface area (Å²) in [6, 6.07) is 0. The highest BCUT2D eigenvalue weighted by Crippen LogP contribution is 2.10. The SMILES string of the molecule is C=CCOCOC(=O)C(C)=CCCCCCCCCC. The summed E-state index contributed by atoms with van der Waals surface area (Å²) in [4.78, 5) is 11.5. The molecule has 0 amide bonds. The Hall–Kier alpha value is -1.09. The fraction of sp³-hybridized carbons (Fsp3) is 0.706. The highest BCUT2D eigenvalue weighted by atomic mass is 16.7. The van der Waals surface area contributed by atoms with Crippen LogP contribution >= 0.6 is 0 Å². The standard InChI is InChI=1S/C17H30O3/c1-4-6-7-8-9-10-11-12-13-16(3)17(18)20-15-19-14-5-2/h5,13H,2,4,6-12,14-15H2,1,3H3. The highest BCUT2D eigenvalue weighted by molar-refractivity contribution is 5.87. The molecule has 0 fully saturated rings. The molecule has 0 unspecified atom stereocenters. The maximum absolute atomic E-state index is 11.5. The second-order valence-corrected chi connectivity index (χ2v) is 5.01. The van der Waals surface area contributed by atoms with Crippen LogP contribution in [0.15, 0.2) is 24.3 Å². The molecule has 0 atom stereocenters. The first kappa shape index (κ1) is 18.9. The van der Waals surface area contributed by atoms with E-state index in [4.69, 9.17) is 9.47 Å². The summed E-state index contributed by atoms with van der Waals surface area (Å²) < 4.78 is 9.96. The number of hydrogen-bond donors (Lipinski definition) is 0. The second-order valence-electron chi connectivity index (χ2n) is 5.01. The van der Waals surface area contributed by atoms with Gasteiger partial charge < -0.3 is 9.47 Å². The maximum Gasteiger partial charge on any atom is 0.335 e. The molecule has 0 N–H and O–H groups in total. The minimum atomic E-state index is -0.294. The van der Waals surface area contributed by atoms with Crippen molar-refractivity contribution in [2.24, 2.45) is 0 Å². The van der Waals surface area contributed by atoms with Crippen LogP contribution < -0.4 is 0 Å². The molecule has 0 aromatic carbocycles. The minimum absolute atomic E-state index is 0.00649. The third-order valence-corrected chi connectivity index (χ3v) is 3.09. The van der Waals surface area contributed by atoms with E-state index >= 15 is 0 Å². The molecule has 116 valence electrons. The van der Waals surface area contributed by atoms with Gasteiger partial charge in [0.2, 0.25) is 0 Å².